The van der Waals surface area contributed by atoms with Crippen LogP contribution in [0.1, 0.15) is 28.8 Å². The summed E-state index contributed by atoms with van der Waals surface area (Å²) in [6.07, 6.45) is 3.54. The Bertz CT molecular complexity index is 742. The van der Waals surface area contributed by atoms with Gasteiger partial charge in [-0.15, -0.1) is 0 Å². The Kier molecular flexibility index (Phi) is 3.21. The Morgan fingerprint density at radius 2 is 2.15 bits per heavy atom. The smallest absolute Gasteiger partial charge is 0.347 e. The van der Waals surface area contributed by atoms with E-state index in [-0.39, 0.29) is 5.69 Å². The van der Waals surface area contributed by atoms with Crippen molar-refractivity contribution in [1.82, 2.24) is 9.97 Å². The first-order valence-electron chi connectivity index (χ1n) is 6.60. The third-order valence-electron chi connectivity index (χ3n) is 3.50. The average Bonchev–Trinajstić information content (AvgIpc) is 2.92. The second kappa shape index (κ2) is 5.17. The van der Waals surface area contributed by atoms with Crippen LogP contribution < -0.4 is 11.0 Å². The molecule has 0 saturated heterocycles. The monoisotopic (exact) mass is 266 g/mol. The van der Waals surface area contributed by atoms with Crippen molar-refractivity contribution in [3.05, 3.63) is 57.1 Å². The van der Waals surface area contributed by atoms with Crippen molar-refractivity contribution in [3.63, 3.8) is 0 Å². The lowest BCUT2D eigenvalue weighted by atomic mass is 10.1. The molecule has 0 bridgehead atoms. The van der Waals surface area contributed by atoms with E-state index in [0.29, 0.717) is 12.4 Å². The highest BCUT2D eigenvalue weighted by atomic mass is 16.1. The van der Waals surface area contributed by atoms with E-state index in [4.69, 9.17) is 5.26 Å². The summed E-state index contributed by atoms with van der Waals surface area (Å²) in [5, 5.41) is 11.9. The van der Waals surface area contributed by atoms with Gasteiger partial charge < -0.3 is 5.32 Å². The van der Waals surface area contributed by atoms with E-state index >= 15 is 0 Å². The van der Waals surface area contributed by atoms with Crippen LogP contribution in [0.2, 0.25) is 0 Å². The molecule has 2 N–H and O–H groups in total. The summed E-state index contributed by atoms with van der Waals surface area (Å²) >= 11 is 0. The number of benzene rings is 1. The molecule has 1 aromatic carbocycles. The van der Waals surface area contributed by atoms with Gasteiger partial charge in [0.1, 0.15) is 17.6 Å². The van der Waals surface area contributed by atoms with Gasteiger partial charge in [-0.05, 0) is 36.0 Å². The lowest BCUT2D eigenvalue weighted by Crippen LogP contribution is -2.14. The highest BCUT2D eigenvalue weighted by Gasteiger charge is 2.10. The molecule has 1 aliphatic carbocycles. The maximum absolute atomic E-state index is 11.3. The maximum Gasteiger partial charge on any atom is 0.347 e. The number of aryl methyl sites for hydroxylation is 2. The summed E-state index contributed by atoms with van der Waals surface area (Å²) in [6.45, 7) is 0.592. The number of anilines is 1. The second-order valence-electron chi connectivity index (χ2n) is 4.91. The zero-order chi connectivity index (χ0) is 13.9. The summed E-state index contributed by atoms with van der Waals surface area (Å²) in [5.74, 6) is 0.422. The number of nitriles is 1. The highest BCUT2D eigenvalue weighted by Crippen LogP contribution is 2.23. The molecular weight excluding hydrogens is 252 g/mol. The SMILES string of the molecule is N#Cc1cc(NCc2ccc3c(c2)CCC3)nc(=O)[nH]1. The topological polar surface area (TPSA) is 81.6 Å². The molecule has 5 nitrogen and oxygen atoms in total. The quantitative estimate of drug-likeness (QED) is 0.886. The minimum atomic E-state index is -0.513. The molecule has 1 heterocycles. The first-order valence-corrected chi connectivity index (χ1v) is 6.60. The molecule has 0 atom stereocenters. The van der Waals surface area contributed by atoms with Crippen molar-refractivity contribution >= 4 is 5.82 Å². The predicted molar refractivity (Wildman–Crippen MR) is 75.4 cm³/mol. The zero-order valence-corrected chi connectivity index (χ0v) is 10.9. The van der Waals surface area contributed by atoms with Crippen LogP contribution in [0.5, 0.6) is 0 Å². The molecule has 0 radical (unpaired) electrons. The summed E-state index contributed by atoms with van der Waals surface area (Å²) in [5.41, 5.74) is 3.71. The van der Waals surface area contributed by atoms with Gasteiger partial charge in [0.25, 0.3) is 0 Å². The third-order valence-corrected chi connectivity index (χ3v) is 3.50. The minimum absolute atomic E-state index is 0.210. The Hall–Kier alpha value is -2.61. The van der Waals surface area contributed by atoms with Crippen LogP contribution >= 0.6 is 0 Å². The lowest BCUT2D eigenvalue weighted by Gasteiger charge is -2.07. The van der Waals surface area contributed by atoms with Gasteiger partial charge in [-0.3, -0.25) is 4.98 Å². The van der Waals surface area contributed by atoms with Crippen molar-refractivity contribution in [2.75, 3.05) is 5.32 Å². The van der Waals surface area contributed by atoms with Gasteiger partial charge in [0.05, 0.1) is 0 Å². The zero-order valence-electron chi connectivity index (χ0n) is 10.9. The number of hydrogen-bond donors (Lipinski definition) is 2. The van der Waals surface area contributed by atoms with E-state index in [9.17, 15) is 4.79 Å². The van der Waals surface area contributed by atoms with E-state index in [1.165, 1.54) is 30.0 Å². The summed E-state index contributed by atoms with van der Waals surface area (Å²) in [6, 6.07) is 9.91. The summed E-state index contributed by atoms with van der Waals surface area (Å²) in [7, 11) is 0. The third kappa shape index (κ3) is 2.54. The Morgan fingerprint density at radius 3 is 3.00 bits per heavy atom. The van der Waals surface area contributed by atoms with Crippen LogP contribution in [-0.2, 0) is 19.4 Å². The number of fused-ring (bicyclic) bond motifs is 1. The Morgan fingerprint density at radius 1 is 1.30 bits per heavy atom. The highest BCUT2D eigenvalue weighted by molar-refractivity contribution is 5.41. The molecule has 0 unspecified atom stereocenters. The first kappa shape index (κ1) is 12.4. The van der Waals surface area contributed by atoms with Crippen molar-refractivity contribution in [2.45, 2.75) is 25.8 Å². The van der Waals surface area contributed by atoms with E-state index in [1.54, 1.807) is 0 Å². The van der Waals surface area contributed by atoms with Gasteiger partial charge in [0, 0.05) is 12.6 Å². The van der Waals surface area contributed by atoms with Crippen LogP contribution in [0.15, 0.2) is 29.1 Å². The number of aromatic amines is 1. The molecule has 2 aromatic rings. The van der Waals surface area contributed by atoms with E-state index in [2.05, 4.69) is 33.5 Å². The molecule has 3 rings (SSSR count). The maximum atomic E-state index is 11.3. The van der Waals surface area contributed by atoms with Crippen molar-refractivity contribution in [2.24, 2.45) is 0 Å². The fraction of sp³-hybridized carbons (Fsp3) is 0.267. The van der Waals surface area contributed by atoms with Gasteiger partial charge in [-0.2, -0.15) is 10.2 Å². The first-order chi connectivity index (χ1) is 9.74. The molecule has 1 aliphatic rings. The molecule has 5 heteroatoms. The fourth-order valence-electron chi connectivity index (χ4n) is 2.54. The van der Waals surface area contributed by atoms with Gasteiger partial charge in [0.2, 0.25) is 0 Å². The van der Waals surface area contributed by atoms with Crippen LogP contribution in [0.4, 0.5) is 5.82 Å². The molecule has 0 aliphatic heterocycles. The van der Waals surface area contributed by atoms with Gasteiger partial charge >= 0.3 is 5.69 Å². The molecule has 0 spiro atoms. The predicted octanol–water partition coefficient (Wildman–Crippen LogP) is 1.74. The normalized spacial score (nSPS) is 12.8. The van der Waals surface area contributed by atoms with Crippen LogP contribution in [0, 0.1) is 11.3 Å². The van der Waals surface area contributed by atoms with Crippen molar-refractivity contribution < 1.29 is 0 Å². The number of nitrogens with zero attached hydrogens (tertiary/aromatic N) is 2. The van der Waals surface area contributed by atoms with Crippen molar-refractivity contribution in [3.8, 4) is 6.07 Å². The number of nitrogens with one attached hydrogen (secondary N) is 2. The van der Waals surface area contributed by atoms with Gasteiger partial charge in [0.15, 0.2) is 0 Å². The lowest BCUT2D eigenvalue weighted by molar-refractivity contribution is 0.911. The number of H-pyrrole nitrogens is 1. The molecule has 100 valence electrons. The molecule has 0 amide bonds. The largest absolute Gasteiger partial charge is 0.366 e. The fourth-order valence-corrected chi connectivity index (χ4v) is 2.54. The minimum Gasteiger partial charge on any atom is -0.366 e. The standard InChI is InChI=1S/C15H14N4O/c16-8-13-7-14(19-15(20)18-13)17-9-10-4-5-11-2-1-3-12(11)6-10/h4-7H,1-3,9H2,(H2,17,18,19,20). The number of rotatable bonds is 3. The van der Waals surface area contributed by atoms with E-state index in [1.807, 2.05) is 6.07 Å². The van der Waals surface area contributed by atoms with Crippen LogP contribution in [-0.4, -0.2) is 9.97 Å². The summed E-state index contributed by atoms with van der Waals surface area (Å²) < 4.78 is 0. The number of aromatic nitrogens is 2. The van der Waals surface area contributed by atoms with Gasteiger partial charge in [-0.1, -0.05) is 18.2 Å². The molecule has 1 aromatic heterocycles. The molecule has 0 saturated carbocycles. The Balaban J connectivity index is 1.75. The summed E-state index contributed by atoms with van der Waals surface area (Å²) in [4.78, 5) is 17.4. The Labute approximate surface area is 116 Å². The van der Waals surface area contributed by atoms with E-state index in [0.717, 1.165) is 12.0 Å². The second-order valence-corrected chi connectivity index (χ2v) is 4.91. The number of hydrogen-bond acceptors (Lipinski definition) is 4. The van der Waals surface area contributed by atoms with E-state index < -0.39 is 5.69 Å². The average molecular weight is 266 g/mol. The molecule has 0 fully saturated rings. The van der Waals surface area contributed by atoms with Crippen molar-refractivity contribution in [1.29, 1.82) is 5.26 Å². The van der Waals surface area contributed by atoms with Crippen LogP contribution in [0.25, 0.3) is 0 Å². The molecule has 20 heavy (non-hydrogen) atoms. The van der Waals surface area contributed by atoms with Gasteiger partial charge in [-0.25, -0.2) is 4.79 Å². The molecular formula is C15H14N4O. The van der Waals surface area contributed by atoms with Crippen LogP contribution in [0.3, 0.4) is 0 Å².